The zero-order valence-corrected chi connectivity index (χ0v) is 20.2. The Kier molecular flexibility index (Phi) is 9.86. The Labute approximate surface area is 196 Å². The first-order valence-corrected chi connectivity index (χ1v) is 10.1. The second-order valence-corrected chi connectivity index (χ2v) is 7.23. The predicted molar refractivity (Wildman–Crippen MR) is 134 cm³/mol. The van der Waals surface area contributed by atoms with Gasteiger partial charge in [-0.05, 0) is 37.8 Å². The summed E-state index contributed by atoms with van der Waals surface area (Å²) in [4.78, 5) is 4.38. The van der Waals surface area contributed by atoms with Crippen LogP contribution in [0.3, 0.4) is 0 Å². The van der Waals surface area contributed by atoms with E-state index in [2.05, 4.69) is 81.4 Å². The van der Waals surface area contributed by atoms with E-state index in [0.29, 0.717) is 5.92 Å². The third-order valence-electron chi connectivity index (χ3n) is 5.18. The molecule has 0 aliphatic carbocycles. The summed E-state index contributed by atoms with van der Waals surface area (Å²) in [5.74, 6) is 2.06. The lowest BCUT2D eigenvalue weighted by Gasteiger charge is -2.20. The first-order chi connectivity index (χ1) is 14.2. The number of aliphatic imine (C=N–C) groups is 1. The van der Waals surface area contributed by atoms with E-state index in [4.69, 9.17) is 4.52 Å². The molecular formula is C24H31IN4O. The summed E-state index contributed by atoms with van der Waals surface area (Å²) in [5, 5.41) is 10.9. The number of aromatic nitrogens is 1. The van der Waals surface area contributed by atoms with Crippen molar-refractivity contribution in [3.8, 4) is 0 Å². The lowest BCUT2D eigenvalue weighted by atomic mass is 9.92. The molecule has 2 aromatic carbocycles. The topological polar surface area (TPSA) is 62.5 Å². The van der Waals surface area contributed by atoms with E-state index in [1.165, 1.54) is 16.7 Å². The molecule has 0 aliphatic heterocycles. The van der Waals surface area contributed by atoms with Crippen LogP contribution in [0.1, 0.15) is 34.1 Å². The minimum absolute atomic E-state index is 0. The van der Waals surface area contributed by atoms with Crippen molar-refractivity contribution < 1.29 is 4.52 Å². The van der Waals surface area contributed by atoms with E-state index >= 15 is 0 Å². The summed E-state index contributed by atoms with van der Waals surface area (Å²) in [6.45, 7) is 5.52. The van der Waals surface area contributed by atoms with Crippen LogP contribution < -0.4 is 10.6 Å². The summed E-state index contributed by atoms with van der Waals surface area (Å²) in [6.07, 6.45) is 1.84. The summed E-state index contributed by atoms with van der Waals surface area (Å²) in [6, 6.07) is 21.3. The minimum atomic E-state index is 0. The molecule has 5 nitrogen and oxygen atoms in total. The van der Waals surface area contributed by atoms with Crippen molar-refractivity contribution in [3.63, 3.8) is 0 Å². The van der Waals surface area contributed by atoms with Gasteiger partial charge in [0.15, 0.2) is 5.96 Å². The Morgan fingerprint density at radius 3 is 2.27 bits per heavy atom. The SMILES string of the molecule is CN=C(NCCc1c(C)noc1C)NCC(Cc1ccccc1)c1ccccc1.I. The summed E-state index contributed by atoms with van der Waals surface area (Å²) in [5.41, 5.74) is 4.79. The molecule has 0 spiro atoms. The molecule has 0 saturated heterocycles. The molecule has 0 fully saturated rings. The van der Waals surface area contributed by atoms with Crippen LogP contribution in [0.4, 0.5) is 0 Å². The number of nitrogens with one attached hydrogen (secondary N) is 2. The molecule has 1 heterocycles. The van der Waals surface area contributed by atoms with Crippen LogP contribution in [0.2, 0.25) is 0 Å². The van der Waals surface area contributed by atoms with Gasteiger partial charge in [0, 0.05) is 31.6 Å². The fourth-order valence-corrected chi connectivity index (χ4v) is 3.54. The zero-order chi connectivity index (χ0) is 20.5. The number of benzene rings is 2. The molecule has 0 amide bonds. The molecule has 3 aromatic rings. The maximum Gasteiger partial charge on any atom is 0.191 e. The van der Waals surface area contributed by atoms with Gasteiger partial charge in [0.2, 0.25) is 0 Å². The molecular weight excluding hydrogens is 487 g/mol. The highest BCUT2D eigenvalue weighted by molar-refractivity contribution is 14.0. The largest absolute Gasteiger partial charge is 0.361 e. The van der Waals surface area contributed by atoms with E-state index in [1.54, 1.807) is 7.05 Å². The Morgan fingerprint density at radius 1 is 1.00 bits per heavy atom. The average Bonchev–Trinajstić information content (AvgIpc) is 3.08. The van der Waals surface area contributed by atoms with Crippen LogP contribution in [0, 0.1) is 13.8 Å². The molecule has 30 heavy (non-hydrogen) atoms. The molecule has 160 valence electrons. The van der Waals surface area contributed by atoms with Crippen molar-refractivity contribution >= 4 is 29.9 Å². The molecule has 1 atom stereocenters. The Hall–Kier alpha value is -2.35. The molecule has 1 unspecified atom stereocenters. The van der Waals surface area contributed by atoms with Crippen LogP contribution in [-0.4, -0.2) is 31.3 Å². The fourth-order valence-electron chi connectivity index (χ4n) is 3.54. The molecule has 2 N–H and O–H groups in total. The quantitative estimate of drug-likeness (QED) is 0.259. The number of hydrogen-bond acceptors (Lipinski definition) is 3. The molecule has 0 bridgehead atoms. The zero-order valence-electron chi connectivity index (χ0n) is 17.9. The van der Waals surface area contributed by atoms with Crippen molar-refractivity contribution in [2.75, 3.05) is 20.1 Å². The number of halogens is 1. The number of guanidine groups is 1. The van der Waals surface area contributed by atoms with Crippen LogP contribution in [0.5, 0.6) is 0 Å². The third-order valence-corrected chi connectivity index (χ3v) is 5.18. The number of hydrogen-bond donors (Lipinski definition) is 2. The third kappa shape index (κ3) is 6.86. The molecule has 0 aliphatic rings. The van der Waals surface area contributed by atoms with Crippen LogP contribution in [-0.2, 0) is 12.8 Å². The van der Waals surface area contributed by atoms with Crippen LogP contribution in [0.25, 0.3) is 0 Å². The Bertz CT molecular complexity index is 890. The van der Waals surface area contributed by atoms with E-state index in [0.717, 1.165) is 43.3 Å². The van der Waals surface area contributed by atoms with E-state index < -0.39 is 0 Å². The Balaban J connectivity index is 0.00000320. The molecule has 0 radical (unpaired) electrons. The first-order valence-electron chi connectivity index (χ1n) is 10.1. The van der Waals surface area contributed by atoms with E-state index in [-0.39, 0.29) is 24.0 Å². The Morgan fingerprint density at radius 2 is 1.67 bits per heavy atom. The lowest BCUT2D eigenvalue weighted by molar-refractivity contribution is 0.392. The van der Waals surface area contributed by atoms with Gasteiger partial charge in [0.1, 0.15) is 5.76 Å². The second kappa shape index (κ2) is 12.4. The standard InChI is InChI=1S/C24H30N4O.HI/c1-18-23(19(2)29-28-18)14-15-26-24(25-3)27-17-22(21-12-8-5-9-13-21)16-20-10-6-4-7-11-20;/h4-13,22H,14-17H2,1-3H3,(H2,25,26,27);1H. The molecule has 6 heteroatoms. The van der Waals surface area contributed by atoms with Gasteiger partial charge < -0.3 is 15.2 Å². The normalized spacial score (nSPS) is 12.2. The highest BCUT2D eigenvalue weighted by Gasteiger charge is 2.14. The molecule has 0 saturated carbocycles. The van der Waals surface area contributed by atoms with Crippen molar-refractivity contribution in [1.29, 1.82) is 0 Å². The maximum absolute atomic E-state index is 5.24. The van der Waals surface area contributed by atoms with Gasteiger partial charge in [-0.3, -0.25) is 4.99 Å². The van der Waals surface area contributed by atoms with Crippen molar-refractivity contribution in [3.05, 3.63) is 88.8 Å². The maximum atomic E-state index is 5.24. The summed E-state index contributed by atoms with van der Waals surface area (Å²) >= 11 is 0. The van der Waals surface area contributed by atoms with Crippen molar-refractivity contribution in [1.82, 2.24) is 15.8 Å². The highest BCUT2D eigenvalue weighted by atomic mass is 127. The van der Waals surface area contributed by atoms with Crippen LogP contribution in [0.15, 0.2) is 70.2 Å². The van der Waals surface area contributed by atoms with Crippen LogP contribution >= 0.6 is 24.0 Å². The lowest BCUT2D eigenvalue weighted by Crippen LogP contribution is -2.40. The number of aryl methyl sites for hydroxylation is 2. The van der Waals surface area contributed by atoms with Gasteiger partial charge in [-0.25, -0.2) is 0 Å². The first kappa shape index (κ1) is 23.9. The summed E-state index contributed by atoms with van der Waals surface area (Å²) < 4.78 is 5.24. The van der Waals surface area contributed by atoms with Crippen molar-refractivity contribution in [2.24, 2.45) is 4.99 Å². The fraction of sp³-hybridized carbons (Fsp3) is 0.333. The molecule has 3 rings (SSSR count). The second-order valence-electron chi connectivity index (χ2n) is 7.23. The predicted octanol–water partition coefficient (Wildman–Crippen LogP) is 4.64. The summed E-state index contributed by atoms with van der Waals surface area (Å²) in [7, 11) is 1.81. The number of rotatable bonds is 8. The van der Waals surface area contributed by atoms with E-state index in [9.17, 15) is 0 Å². The van der Waals surface area contributed by atoms with Gasteiger partial charge >= 0.3 is 0 Å². The van der Waals surface area contributed by atoms with Gasteiger partial charge in [0.05, 0.1) is 5.69 Å². The minimum Gasteiger partial charge on any atom is -0.361 e. The smallest absolute Gasteiger partial charge is 0.191 e. The van der Waals surface area contributed by atoms with Gasteiger partial charge in [-0.15, -0.1) is 24.0 Å². The average molecular weight is 518 g/mol. The molecule has 1 aromatic heterocycles. The van der Waals surface area contributed by atoms with Gasteiger partial charge in [0.25, 0.3) is 0 Å². The van der Waals surface area contributed by atoms with Crippen molar-refractivity contribution in [2.45, 2.75) is 32.6 Å². The highest BCUT2D eigenvalue weighted by Crippen LogP contribution is 2.20. The van der Waals surface area contributed by atoms with Gasteiger partial charge in [-0.1, -0.05) is 65.8 Å². The number of nitrogens with zero attached hydrogens (tertiary/aromatic N) is 2. The van der Waals surface area contributed by atoms with Gasteiger partial charge in [-0.2, -0.15) is 0 Å². The monoisotopic (exact) mass is 518 g/mol. The van der Waals surface area contributed by atoms with E-state index in [1.807, 2.05) is 13.8 Å².